The lowest BCUT2D eigenvalue weighted by atomic mass is 9.74. The van der Waals surface area contributed by atoms with Crippen LogP contribution in [0, 0.1) is 46.5 Å². The first-order valence-corrected chi connectivity index (χ1v) is 44.2. The number of nitrogens with zero attached hydrogens (tertiary/aromatic N) is 4. The molecule has 6 heterocycles. The molecule has 2 saturated heterocycles. The summed E-state index contributed by atoms with van der Waals surface area (Å²) in [5, 5.41) is 17.7. The molecule has 0 spiro atoms. The Labute approximate surface area is 732 Å². The van der Waals surface area contributed by atoms with Crippen LogP contribution in [0.5, 0.6) is 0 Å². The largest absolute Gasteiger partial charge is 0.478 e. The highest BCUT2D eigenvalue weighted by Gasteiger charge is 2.54. The Hall–Kier alpha value is -10.3. The zero-order valence-corrected chi connectivity index (χ0v) is 72.1. The normalized spacial score (nSPS) is 28.6. The number of hydrogen-bond acceptors (Lipinski definition) is 8. The van der Waals surface area contributed by atoms with E-state index < -0.39 is 94.0 Å². The topological polar surface area (TPSA) is 106 Å². The van der Waals surface area contributed by atoms with E-state index in [1.165, 1.54) is 77.4 Å². The molecule has 20 heteroatoms. The van der Waals surface area contributed by atoms with Gasteiger partial charge in [0.25, 0.3) is 0 Å². The molecule has 2 N–H and O–H groups in total. The van der Waals surface area contributed by atoms with Crippen LogP contribution in [0.1, 0.15) is 234 Å². The van der Waals surface area contributed by atoms with Crippen molar-refractivity contribution in [3.63, 3.8) is 0 Å². The van der Waals surface area contributed by atoms with Gasteiger partial charge >= 0.3 is 11.9 Å². The van der Waals surface area contributed by atoms with Crippen molar-refractivity contribution in [2.24, 2.45) is 0 Å². The Kier molecular flexibility index (Phi) is 24.5. The van der Waals surface area contributed by atoms with Gasteiger partial charge in [0.1, 0.15) is 57.9 Å². The number of hydrogen-bond donors (Lipinski definition) is 2. The highest BCUT2D eigenvalue weighted by Crippen LogP contribution is 2.59. The summed E-state index contributed by atoms with van der Waals surface area (Å²) in [6.07, 6.45) is 19.7. The standard InChI is InChI=1S/2C27H26F3NO2.2C26H27F2NO/c2*1-15-9-20-19-6-4-3-5-17(19)12-21(20)26(31(15)18-13-27(2,30)14-18)25-22(28)10-16(11-23(25)29)7-8-24(32)33;2*1-3-6-17-12-23(27)25(24(28)13-17)26-22-14-18-7-4-5-8-20(18)21(22)11-16(2)29(26)19-9-10-30-15-19/h2*3-8,10-11,15,18,26H,9,12-14H2,1-2H3,(H,32,33);2*3-8,12-13,16,19,26H,9-11,14-15H2,1-2H3/b2*8-7+;2*6-3+/t2*15-,18?,26+,27?;16-,19+,26+;16-,19-,26+/m1011/s1/i;;26D;. The second kappa shape index (κ2) is 35.7. The van der Waals surface area contributed by atoms with Crippen LogP contribution in [0.4, 0.5) is 43.9 Å². The van der Waals surface area contributed by atoms with Crippen LogP contribution >= 0.6 is 0 Å². The molecule has 8 aromatic rings. The fourth-order valence-corrected chi connectivity index (χ4v) is 22.8. The van der Waals surface area contributed by atoms with Crippen molar-refractivity contribution in [3.05, 3.63) is 328 Å². The number of carboxylic acid groups (broad SMARTS) is 2. The van der Waals surface area contributed by atoms with Gasteiger partial charge in [-0.2, -0.15) is 0 Å². The monoisotopic (exact) mass is 1720 g/mol. The van der Waals surface area contributed by atoms with E-state index in [0.29, 0.717) is 82.5 Å². The zero-order chi connectivity index (χ0) is 89.6. The molecule has 656 valence electrons. The molecule has 6 aliphatic heterocycles. The molecule has 126 heavy (non-hydrogen) atoms. The molecule has 20 rings (SSSR count). The fourth-order valence-electron chi connectivity index (χ4n) is 22.8. The highest BCUT2D eigenvalue weighted by atomic mass is 19.2. The van der Waals surface area contributed by atoms with Crippen LogP contribution < -0.4 is 0 Å². The Morgan fingerprint density at radius 1 is 0.389 bits per heavy atom. The molecule has 0 radical (unpaired) electrons. The Balaban J connectivity index is 0.000000119. The van der Waals surface area contributed by atoms with Gasteiger partial charge in [0, 0.05) is 96.0 Å². The van der Waals surface area contributed by atoms with E-state index in [9.17, 15) is 19.7 Å². The number of benzene rings is 8. The SMILES string of the molecule is C/C=C/c1cc(F)c([C@@H]2C3=C(C[C@@H](C)N2[C@@H]2CCOC2)c2ccccc2C3)c(F)c1.C[C@@H]1CC2=C(Cc3ccccc32)[C@@H](c2c(F)cc(/C=C/C(=O)O)cc2F)N1C1CC(C)(F)C1.C[C@H]1CC2=C(Cc3ccccc32)[C@H](c2c(F)cc(/C=C/C(=O)O)cc2F)N1C1CC(C)(F)C1.[2H][C@@]1(c2c(F)cc(/C=C/C)cc2F)C2=C(C[C@@H](C)N1[C@H]1CCOC1)c1ccccc1C2. The summed E-state index contributed by atoms with van der Waals surface area (Å²) in [4.78, 5) is 30.2. The molecular weight excluding hydrogens is 1620 g/mol. The summed E-state index contributed by atoms with van der Waals surface area (Å²) in [6.45, 7) is 17.6. The molecular formula is C106H106F10N4O6. The number of alkyl halides is 2. The van der Waals surface area contributed by atoms with Crippen LogP contribution in [-0.2, 0) is 44.7 Å². The van der Waals surface area contributed by atoms with Crippen molar-refractivity contribution in [2.75, 3.05) is 26.4 Å². The number of carboxylic acids is 2. The van der Waals surface area contributed by atoms with Gasteiger partial charge in [0.15, 0.2) is 0 Å². The average Bonchev–Trinajstić information content (AvgIpc) is 1.67. The number of aliphatic carboxylic acids is 2. The third-order valence-electron chi connectivity index (χ3n) is 27.9. The maximum Gasteiger partial charge on any atom is 0.328 e. The number of fused-ring (bicyclic) bond motifs is 8. The molecule has 0 aromatic heterocycles. The van der Waals surface area contributed by atoms with Crippen LogP contribution in [0.2, 0.25) is 0 Å². The van der Waals surface area contributed by atoms with Gasteiger partial charge < -0.3 is 19.7 Å². The van der Waals surface area contributed by atoms with Gasteiger partial charge in [-0.25, -0.2) is 53.5 Å². The van der Waals surface area contributed by atoms with Gasteiger partial charge in [0.2, 0.25) is 0 Å². The predicted molar refractivity (Wildman–Crippen MR) is 475 cm³/mol. The van der Waals surface area contributed by atoms with Gasteiger partial charge in [0.05, 0.1) is 38.7 Å². The molecule has 10 nitrogen and oxygen atoms in total. The Morgan fingerprint density at radius 3 is 0.937 bits per heavy atom. The zero-order valence-electron chi connectivity index (χ0n) is 73.1. The minimum Gasteiger partial charge on any atom is -0.478 e. The summed E-state index contributed by atoms with van der Waals surface area (Å²) in [6, 6.07) is 39.7. The Bertz CT molecular complexity index is 5660. The summed E-state index contributed by atoms with van der Waals surface area (Å²) < 4.78 is 174. The van der Waals surface area contributed by atoms with E-state index >= 15 is 35.1 Å². The van der Waals surface area contributed by atoms with E-state index in [1.54, 1.807) is 38.2 Å². The summed E-state index contributed by atoms with van der Waals surface area (Å²) in [5.74, 6) is -7.49. The van der Waals surface area contributed by atoms with Crippen molar-refractivity contribution in [3.8, 4) is 0 Å². The molecule has 6 aliphatic carbocycles. The second-order valence-corrected chi connectivity index (χ2v) is 36.7. The molecule has 0 amide bonds. The van der Waals surface area contributed by atoms with Gasteiger partial charge in [-0.15, -0.1) is 0 Å². The first kappa shape index (κ1) is 86.4. The number of rotatable bonds is 14. The van der Waals surface area contributed by atoms with Crippen LogP contribution in [-0.4, -0.2) is 128 Å². The van der Waals surface area contributed by atoms with Crippen molar-refractivity contribution < 1.29 is 74.6 Å². The van der Waals surface area contributed by atoms with Crippen molar-refractivity contribution in [1.82, 2.24) is 19.6 Å². The molecule has 10 atom stereocenters. The van der Waals surface area contributed by atoms with Crippen molar-refractivity contribution >= 4 is 58.5 Å². The van der Waals surface area contributed by atoms with Crippen LogP contribution in [0.25, 0.3) is 46.6 Å². The molecule has 4 fully saturated rings. The van der Waals surface area contributed by atoms with Crippen LogP contribution in [0.3, 0.4) is 0 Å². The van der Waals surface area contributed by atoms with Crippen LogP contribution in [0.15, 0.2) is 192 Å². The predicted octanol–water partition coefficient (Wildman–Crippen LogP) is 24.1. The molecule has 0 bridgehead atoms. The number of halogens is 10. The summed E-state index contributed by atoms with van der Waals surface area (Å²) >= 11 is 0. The smallest absolute Gasteiger partial charge is 0.328 e. The molecule has 8 aromatic carbocycles. The van der Waals surface area contributed by atoms with Gasteiger partial charge in [-0.3, -0.25) is 19.6 Å². The van der Waals surface area contributed by atoms with Crippen molar-refractivity contribution in [1.29, 1.82) is 0 Å². The maximum atomic E-state index is 15.6. The van der Waals surface area contributed by atoms with E-state index in [4.69, 9.17) is 19.7 Å². The van der Waals surface area contributed by atoms with E-state index in [-0.39, 0.29) is 81.7 Å². The minimum atomic E-state index is -1.62. The fraction of sp³-hybridized carbons (Fsp3) is 0.377. The van der Waals surface area contributed by atoms with Gasteiger partial charge in [-0.1, -0.05) is 121 Å². The number of ether oxygens (including phenoxy) is 2. The Morgan fingerprint density at radius 2 is 0.651 bits per heavy atom. The van der Waals surface area contributed by atoms with Gasteiger partial charge in [-0.05, 0) is 317 Å². The maximum absolute atomic E-state index is 15.6. The summed E-state index contributed by atoms with van der Waals surface area (Å²) in [5.41, 5.74) is 16.6. The van der Waals surface area contributed by atoms with Crippen molar-refractivity contribution in [2.45, 2.75) is 229 Å². The van der Waals surface area contributed by atoms with E-state index in [2.05, 4.69) is 71.0 Å². The number of allylic oxidation sites excluding steroid dienone is 2. The lowest BCUT2D eigenvalue weighted by molar-refractivity contribution is -0.132. The first-order chi connectivity index (χ1) is 60.8. The molecule has 12 aliphatic rings. The molecule has 2 saturated carbocycles. The van der Waals surface area contributed by atoms with E-state index in [1.807, 2.05) is 87.2 Å². The first-order valence-electron chi connectivity index (χ1n) is 44.7. The molecule has 0 unspecified atom stereocenters. The quantitative estimate of drug-likeness (QED) is 0.0808. The second-order valence-electron chi connectivity index (χ2n) is 36.7. The van der Waals surface area contributed by atoms with E-state index in [0.717, 1.165) is 129 Å². The lowest BCUT2D eigenvalue weighted by Crippen LogP contribution is -2.57. The average molecular weight is 1720 g/mol. The highest BCUT2D eigenvalue weighted by molar-refractivity contribution is 5.87. The third kappa shape index (κ3) is 17.0. The minimum absolute atomic E-state index is 0.00797. The third-order valence-corrected chi connectivity index (χ3v) is 27.9. The summed E-state index contributed by atoms with van der Waals surface area (Å²) in [7, 11) is 0. The lowest BCUT2D eigenvalue weighted by Gasteiger charge is -2.53. The number of carbonyl (C=O) groups is 2.